The van der Waals surface area contributed by atoms with Crippen molar-refractivity contribution >= 4 is 44.6 Å². The minimum absolute atomic E-state index is 0.823. The molecule has 4 aliphatic heterocycles. The predicted octanol–water partition coefficient (Wildman–Crippen LogP) is -9.62. The van der Waals surface area contributed by atoms with Crippen LogP contribution >= 0.6 is 0 Å². The van der Waals surface area contributed by atoms with Gasteiger partial charge in [0.2, 0.25) is 11.8 Å². The molecule has 0 bridgehead atoms. The number of carboxylic acid groups (broad SMARTS) is 2. The van der Waals surface area contributed by atoms with Gasteiger partial charge in [-0.05, 0) is 0 Å². The largest absolute Gasteiger partial charge is 0.479 e. The Labute approximate surface area is 342 Å². The van der Waals surface area contributed by atoms with E-state index in [1.807, 2.05) is 0 Å². The number of nitrogens with one attached hydrogen (secondary N) is 2. The van der Waals surface area contributed by atoms with Crippen molar-refractivity contribution in [3.05, 3.63) is 0 Å². The van der Waals surface area contributed by atoms with E-state index >= 15 is 0 Å². The van der Waals surface area contributed by atoms with Gasteiger partial charge in [-0.25, -0.2) is 18.0 Å². The molecule has 0 aromatic rings. The van der Waals surface area contributed by atoms with E-state index in [2.05, 4.69) is 19.0 Å². The van der Waals surface area contributed by atoms with Crippen molar-refractivity contribution in [1.29, 1.82) is 0 Å². The first-order valence-electron chi connectivity index (χ1n) is 17.4. The van der Waals surface area contributed by atoms with Gasteiger partial charge in [0.1, 0.15) is 85.3 Å². The zero-order valence-electron chi connectivity index (χ0n) is 31.1. The summed E-state index contributed by atoms with van der Waals surface area (Å²) in [6.07, 6.45) is -41.8. The fraction of sp³-hybridized carbons (Fsp3) is 0.857. The number of hydrogen-bond donors (Lipinski definition) is 14. The van der Waals surface area contributed by atoms with Gasteiger partial charge in [-0.1, -0.05) is 0 Å². The predicted molar refractivity (Wildman–Crippen MR) is 179 cm³/mol. The number of aliphatic hydroxyl groups excluding tert-OH is 8. The molecule has 0 aromatic carbocycles. The molecule has 2 amide bonds. The van der Waals surface area contributed by atoms with Gasteiger partial charge in [0.15, 0.2) is 37.4 Å². The van der Waals surface area contributed by atoms with Crippen molar-refractivity contribution in [3.8, 4) is 0 Å². The SMILES string of the molecule is CC(=O)NC1C(O)OC(CO)C(OS(=O)(=O)O)C1OC1OC(C(=O)O)C(OC2OC(CO)C(OS(=O)(=O)O)C(OC3OC(C(=O)O)C(O)C(O)C3O)C2NC(C)=O)C(O)C1O. The summed E-state index contributed by atoms with van der Waals surface area (Å²) in [6.45, 7) is -0.754. The number of carbonyl (C=O) groups excluding carboxylic acids is 2. The third-order valence-corrected chi connectivity index (χ3v) is 10.3. The first-order valence-corrected chi connectivity index (χ1v) is 20.1. The van der Waals surface area contributed by atoms with Gasteiger partial charge in [0, 0.05) is 13.8 Å². The van der Waals surface area contributed by atoms with Crippen LogP contribution in [-0.2, 0) is 81.5 Å². The van der Waals surface area contributed by atoms with Crippen LogP contribution in [0.4, 0.5) is 0 Å². The molecule has 0 spiro atoms. The molecule has 0 saturated carbocycles. The van der Waals surface area contributed by atoms with Crippen LogP contribution in [0.25, 0.3) is 0 Å². The van der Waals surface area contributed by atoms with Crippen LogP contribution in [0, 0.1) is 0 Å². The number of hydrogen-bond acceptors (Lipinski definition) is 25. The maximum atomic E-state index is 12.6. The number of rotatable bonds is 16. The van der Waals surface area contributed by atoms with Gasteiger partial charge < -0.3 is 94.9 Å². The number of carbonyl (C=O) groups is 4. The molecule has 4 fully saturated rings. The highest BCUT2D eigenvalue weighted by atomic mass is 32.3. The maximum absolute atomic E-state index is 12.6. The lowest BCUT2D eigenvalue weighted by atomic mass is 9.94. The Kier molecular flexibility index (Phi) is 16.8. The average Bonchev–Trinajstić information content (AvgIpc) is 3.13. The lowest BCUT2D eigenvalue weighted by Gasteiger charge is -2.50. The molecule has 4 saturated heterocycles. The van der Waals surface area contributed by atoms with Crippen LogP contribution < -0.4 is 10.6 Å². The fourth-order valence-corrected chi connectivity index (χ4v) is 7.80. The number of aliphatic carboxylic acids is 2. The highest BCUT2D eigenvalue weighted by Gasteiger charge is 2.59. The van der Waals surface area contributed by atoms with E-state index in [1.165, 1.54) is 0 Å². The van der Waals surface area contributed by atoms with Crippen molar-refractivity contribution in [2.45, 2.75) is 137 Å². The number of ether oxygens (including phenoxy) is 7. The molecule has 0 aliphatic carbocycles. The van der Waals surface area contributed by atoms with E-state index in [0.717, 1.165) is 13.8 Å². The normalized spacial score (nSPS) is 42.3. The summed E-state index contributed by atoms with van der Waals surface area (Å²) in [7, 11) is -11.1. The Balaban J connectivity index is 1.73. The van der Waals surface area contributed by atoms with Gasteiger partial charge in [0.05, 0.1) is 13.2 Å². The maximum Gasteiger partial charge on any atom is 0.397 e. The second-order valence-electron chi connectivity index (χ2n) is 13.7. The second kappa shape index (κ2) is 20.2. The van der Waals surface area contributed by atoms with E-state index < -0.39 is 180 Å². The van der Waals surface area contributed by atoms with Gasteiger partial charge in [-0.3, -0.25) is 18.7 Å². The molecule has 20 unspecified atom stereocenters. The summed E-state index contributed by atoms with van der Waals surface area (Å²) in [4.78, 5) is 48.9. The Morgan fingerprint density at radius 2 is 0.934 bits per heavy atom. The van der Waals surface area contributed by atoms with Crippen LogP contribution in [0.3, 0.4) is 0 Å². The summed E-state index contributed by atoms with van der Waals surface area (Å²) >= 11 is 0. The third kappa shape index (κ3) is 12.2. The summed E-state index contributed by atoms with van der Waals surface area (Å²) in [6, 6.07) is -4.04. The molecular formula is C28H44N2O29S2. The zero-order chi connectivity index (χ0) is 46.0. The van der Waals surface area contributed by atoms with Gasteiger partial charge in [-0.15, -0.1) is 0 Å². The van der Waals surface area contributed by atoms with E-state index in [1.54, 1.807) is 0 Å². The first-order chi connectivity index (χ1) is 28.2. The second-order valence-corrected chi connectivity index (χ2v) is 15.8. The molecule has 33 heteroatoms. The molecule has 4 rings (SSSR count). The molecule has 352 valence electrons. The summed E-state index contributed by atoms with van der Waals surface area (Å²) in [5, 5.41) is 108. The Morgan fingerprint density at radius 3 is 1.38 bits per heavy atom. The summed E-state index contributed by atoms with van der Waals surface area (Å²) < 4.78 is 113. The lowest BCUT2D eigenvalue weighted by Crippen LogP contribution is -2.71. The van der Waals surface area contributed by atoms with E-state index in [-0.39, 0.29) is 0 Å². The fourth-order valence-electron chi connectivity index (χ4n) is 6.78. The Hall–Kier alpha value is -2.98. The van der Waals surface area contributed by atoms with Crippen molar-refractivity contribution in [1.82, 2.24) is 10.6 Å². The molecule has 20 atom stereocenters. The highest BCUT2D eigenvalue weighted by Crippen LogP contribution is 2.36. The van der Waals surface area contributed by atoms with Crippen molar-refractivity contribution < 1.29 is 138 Å². The smallest absolute Gasteiger partial charge is 0.397 e. The third-order valence-electron chi connectivity index (χ3n) is 9.35. The number of amides is 2. The number of aliphatic hydroxyl groups is 8. The Bertz CT molecular complexity index is 1790. The minimum Gasteiger partial charge on any atom is -0.479 e. The monoisotopic (exact) mass is 936 g/mol. The molecular weight excluding hydrogens is 892 g/mol. The van der Waals surface area contributed by atoms with Crippen LogP contribution in [0.15, 0.2) is 0 Å². The quantitative estimate of drug-likeness (QED) is 0.0639. The molecule has 0 aromatic heterocycles. The van der Waals surface area contributed by atoms with E-state index in [9.17, 15) is 96.2 Å². The molecule has 14 N–H and O–H groups in total. The molecule has 0 radical (unpaired) electrons. The van der Waals surface area contributed by atoms with Crippen molar-refractivity contribution in [2.75, 3.05) is 13.2 Å². The first kappa shape index (κ1) is 50.7. The van der Waals surface area contributed by atoms with Crippen molar-refractivity contribution in [3.63, 3.8) is 0 Å². The van der Waals surface area contributed by atoms with Crippen molar-refractivity contribution in [2.24, 2.45) is 0 Å². The Morgan fingerprint density at radius 1 is 0.525 bits per heavy atom. The standard InChI is InChI=1S/C28H44N2O29S2/c1-5(33)29-9-18(16(58-60(45,46)47)7(3-31)51-25(9)44)53-28-15(39)13(37)20(22(57-28)24(42)43)55-26-10(30-6(2)34)19(17(8(4-32)52-26)59-61(48,49)50)54-27-14(38)11(35)12(36)21(56-27)23(40)41/h7-22,25-28,31-32,35-39,44H,3-4H2,1-2H3,(H,29,33)(H,30,34)(H,40,41)(H,42,43)(H,45,46,47)(H,48,49,50). The topological polar surface area (TPSA) is 486 Å². The van der Waals surface area contributed by atoms with Crippen LogP contribution in [0.1, 0.15) is 13.8 Å². The van der Waals surface area contributed by atoms with E-state index in [4.69, 9.17) is 33.2 Å². The van der Waals surface area contributed by atoms with Gasteiger partial charge in [-0.2, -0.15) is 16.8 Å². The van der Waals surface area contributed by atoms with Gasteiger partial charge in [0.25, 0.3) is 0 Å². The molecule has 31 nitrogen and oxygen atoms in total. The molecule has 4 aliphatic rings. The molecule has 4 heterocycles. The average molecular weight is 937 g/mol. The lowest BCUT2D eigenvalue weighted by molar-refractivity contribution is -0.367. The number of carboxylic acids is 2. The highest BCUT2D eigenvalue weighted by molar-refractivity contribution is 7.81. The zero-order valence-corrected chi connectivity index (χ0v) is 32.7. The van der Waals surface area contributed by atoms with Crippen LogP contribution in [-0.4, -0.2) is 237 Å². The minimum atomic E-state index is -5.60. The summed E-state index contributed by atoms with van der Waals surface area (Å²) in [5.41, 5.74) is 0. The molecule has 61 heavy (non-hydrogen) atoms. The summed E-state index contributed by atoms with van der Waals surface area (Å²) in [5.74, 6) is -5.99. The van der Waals surface area contributed by atoms with Gasteiger partial charge >= 0.3 is 32.7 Å². The van der Waals surface area contributed by atoms with E-state index in [0.29, 0.717) is 0 Å². The van der Waals surface area contributed by atoms with Crippen LogP contribution in [0.5, 0.6) is 0 Å². The van der Waals surface area contributed by atoms with Crippen LogP contribution in [0.2, 0.25) is 0 Å².